The largest absolute Gasteiger partial charge is 0.493 e. The van der Waals surface area contributed by atoms with Gasteiger partial charge in [-0.3, -0.25) is 14.5 Å². The number of para-hydroxylation sites is 1. The third-order valence-electron chi connectivity index (χ3n) is 8.23. The number of amides is 2. The van der Waals surface area contributed by atoms with Crippen LogP contribution in [0.15, 0.2) is 54.6 Å². The molecule has 10 heteroatoms. The number of rotatable bonds is 6. The van der Waals surface area contributed by atoms with E-state index in [-0.39, 0.29) is 34.8 Å². The van der Waals surface area contributed by atoms with Crippen LogP contribution in [0.5, 0.6) is 23.0 Å². The molecule has 1 saturated heterocycles. The first-order chi connectivity index (χ1) is 20.1. The van der Waals surface area contributed by atoms with Gasteiger partial charge in [-0.05, 0) is 68.1 Å². The molecule has 1 fully saturated rings. The fourth-order valence-corrected chi connectivity index (χ4v) is 7.89. The second-order valence-corrected chi connectivity index (χ2v) is 12.4. The Morgan fingerprint density at radius 2 is 1.60 bits per heavy atom. The summed E-state index contributed by atoms with van der Waals surface area (Å²) in [6.45, 7) is 6.22. The Labute approximate surface area is 248 Å². The van der Waals surface area contributed by atoms with E-state index in [9.17, 15) is 14.4 Å². The van der Waals surface area contributed by atoms with E-state index in [0.29, 0.717) is 34.9 Å². The van der Waals surface area contributed by atoms with Crippen LogP contribution in [-0.2, 0) is 14.5 Å². The number of esters is 1. The van der Waals surface area contributed by atoms with Crippen LogP contribution < -0.4 is 28.7 Å². The maximum absolute atomic E-state index is 14.6. The van der Waals surface area contributed by atoms with Crippen molar-refractivity contribution in [3.05, 3.63) is 71.3 Å². The van der Waals surface area contributed by atoms with Crippen molar-refractivity contribution in [3.8, 4) is 23.0 Å². The number of benzene rings is 3. The number of carbonyl (C=O) groups excluding carboxylic acids is 3. The molecule has 9 nitrogen and oxygen atoms in total. The van der Waals surface area contributed by atoms with Gasteiger partial charge in [-0.25, -0.2) is 4.79 Å². The van der Waals surface area contributed by atoms with Crippen LogP contribution in [0, 0.1) is 0 Å². The zero-order chi connectivity index (χ0) is 30.0. The summed E-state index contributed by atoms with van der Waals surface area (Å²) in [6.07, 6.45) is 0.704. The summed E-state index contributed by atoms with van der Waals surface area (Å²) in [5.74, 6) is 0.564. The van der Waals surface area contributed by atoms with Crippen molar-refractivity contribution >= 4 is 40.9 Å². The minimum absolute atomic E-state index is 0.0695. The highest BCUT2D eigenvalue weighted by molar-refractivity contribution is 8.02. The van der Waals surface area contributed by atoms with Crippen molar-refractivity contribution in [1.29, 1.82) is 0 Å². The lowest BCUT2D eigenvalue weighted by Gasteiger charge is -2.44. The number of fused-ring (bicyclic) bond motifs is 1. The van der Waals surface area contributed by atoms with Gasteiger partial charge in [-0.1, -0.05) is 25.1 Å². The molecule has 42 heavy (non-hydrogen) atoms. The lowest BCUT2D eigenvalue weighted by atomic mass is 9.80. The zero-order valence-corrected chi connectivity index (χ0v) is 25.2. The number of ether oxygens (including phenoxy) is 4. The number of hydrogen-bond donors (Lipinski definition) is 0. The van der Waals surface area contributed by atoms with Gasteiger partial charge in [0, 0.05) is 16.8 Å². The summed E-state index contributed by atoms with van der Waals surface area (Å²) in [6, 6.07) is 15.9. The minimum Gasteiger partial charge on any atom is -0.493 e. The van der Waals surface area contributed by atoms with Crippen molar-refractivity contribution in [2.24, 2.45) is 0 Å². The van der Waals surface area contributed by atoms with E-state index in [4.69, 9.17) is 18.9 Å². The van der Waals surface area contributed by atoms with Crippen molar-refractivity contribution in [2.75, 3.05) is 36.9 Å². The monoisotopic (exact) mass is 588 g/mol. The highest BCUT2D eigenvalue weighted by Crippen LogP contribution is 2.62. The Hall–Kier alpha value is -4.18. The summed E-state index contributed by atoms with van der Waals surface area (Å²) in [7, 11) is 4.44. The smallest absolute Gasteiger partial charge is 0.343 e. The molecule has 0 aromatic heterocycles. The van der Waals surface area contributed by atoms with E-state index >= 15 is 0 Å². The molecular weight excluding hydrogens is 556 g/mol. The molecule has 2 amide bonds. The Morgan fingerprint density at radius 1 is 0.929 bits per heavy atom. The van der Waals surface area contributed by atoms with Crippen molar-refractivity contribution < 1.29 is 33.3 Å². The van der Waals surface area contributed by atoms with E-state index in [1.54, 1.807) is 11.0 Å². The molecule has 0 saturated carbocycles. The first-order valence-electron chi connectivity index (χ1n) is 13.6. The van der Waals surface area contributed by atoms with Crippen molar-refractivity contribution in [2.45, 2.75) is 43.5 Å². The fraction of sp³-hybridized carbons (Fsp3) is 0.344. The number of thioether (sulfide) groups is 1. The van der Waals surface area contributed by atoms with E-state index in [2.05, 4.69) is 20.8 Å². The predicted molar refractivity (Wildman–Crippen MR) is 160 cm³/mol. The van der Waals surface area contributed by atoms with Gasteiger partial charge in [-0.15, -0.1) is 11.8 Å². The predicted octanol–water partition coefficient (Wildman–Crippen LogP) is 5.50. The third kappa shape index (κ3) is 3.95. The summed E-state index contributed by atoms with van der Waals surface area (Å²) < 4.78 is 22.2. The number of anilines is 2. The molecule has 6 rings (SSSR count). The second kappa shape index (κ2) is 9.97. The van der Waals surface area contributed by atoms with Crippen LogP contribution >= 0.6 is 11.8 Å². The molecule has 3 aliphatic heterocycles. The molecular formula is C32H32N2O7S. The van der Waals surface area contributed by atoms with Gasteiger partial charge < -0.3 is 23.8 Å². The van der Waals surface area contributed by atoms with Crippen LogP contribution in [0.2, 0.25) is 0 Å². The highest BCUT2D eigenvalue weighted by atomic mass is 32.2. The van der Waals surface area contributed by atoms with Gasteiger partial charge in [0.05, 0.1) is 38.3 Å². The van der Waals surface area contributed by atoms with Gasteiger partial charge in [0.1, 0.15) is 5.75 Å². The first kappa shape index (κ1) is 28.0. The molecule has 2 unspecified atom stereocenters. The number of carbonyl (C=O) groups is 3. The van der Waals surface area contributed by atoms with Gasteiger partial charge >= 0.3 is 5.97 Å². The molecule has 3 aromatic rings. The van der Waals surface area contributed by atoms with Crippen LogP contribution in [0.4, 0.5) is 11.4 Å². The summed E-state index contributed by atoms with van der Waals surface area (Å²) >= 11 is 1.31. The standard InChI is InChI=1S/C32H32N2O7S/c1-18-16-31(2,3)34-27-22(18)14-21(41-29(36)19-12-24(38-4)28(40-6)25(13-19)39-5)15-23(27)32(30(34)37)33(26(35)17-42-32)20-10-8-7-9-11-20/h7-15,18H,16-17H2,1-6H3. The molecule has 0 bridgehead atoms. The van der Waals surface area contributed by atoms with Gasteiger partial charge in [-0.2, -0.15) is 0 Å². The molecule has 0 radical (unpaired) electrons. The maximum Gasteiger partial charge on any atom is 0.343 e. The molecule has 3 aliphatic rings. The van der Waals surface area contributed by atoms with E-state index in [0.717, 1.165) is 11.3 Å². The Morgan fingerprint density at radius 3 is 2.21 bits per heavy atom. The molecule has 218 valence electrons. The van der Waals surface area contributed by atoms with Gasteiger partial charge in [0.25, 0.3) is 5.91 Å². The molecule has 0 aliphatic carbocycles. The van der Waals surface area contributed by atoms with Crippen LogP contribution in [-0.4, -0.2) is 50.4 Å². The maximum atomic E-state index is 14.6. The fourth-order valence-electron chi connectivity index (χ4n) is 6.56. The third-order valence-corrected chi connectivity index (χ3v) is 9.62. The molecule has 3 heterocycles. The number of methoxy groups -OCH3 is 3. The van der Waals surface area contributed by atoms with E-state index in [1.165, 1.54) is 45.2 Å². The molecule has 1 spiro atoms. The van der Waals surface area contributed by atoms with E-state index in [1.807, 2.05) is 41.3 Å². The molecule has 0 N–H and O–H groups in total. The Bertz CT molecular complexity index is 1600. The van der Waals surface area contributed by atoms with Crippen LogP contribution in [0.1, 0.15) is 54.6 Å². The van der Waals surface area contributed by atoms with E-state index < -0.39 is 16.4 Å². The van der Waals surface area contributed by atoms with Gasteiger partial charge in [0.15, 0.2) is 11.5 Å². The van der Waals surface area contributed by atoms with Crippen molar-refractivity contribution in [3.63, 3.8) is 0 Å². The Kier molecular flexibility index (Phi) is 6.64. The lowest BCUT2D eigenvalue weighted by molar-refractivity contribution is -0.124. The summed E-state index contributed by atoms with van der Waals surface area (Å²) in [4.78, 5) is 43.7. The number of nitrogens with zero attached hydrogens (tertiary/aromatic N) is 2. The average Bonchev–Trinajstić information content (AvgIpc) is 3.45. The first-order valence-corrected chi connectivity index (χ1v) is 14.6. The highest BCUT2D eigenvalue weighted by Gasteiger charge is 2.64. The second-order valence-electron chi connectivity index (χ2n) is 11.3. The normalized spacial score (nSPS) is 21.9. The number of hydrogen-bond acceptors (Lipinski definition) is 8. The lowest BCUT2D eigenvalue weighted by Crippen LogP contribution is -2.56. The average molecular weight is 589 g/mol. The summed E-state index contributed by atoms with van der Waals surface area (Å²) in [5.41, 5.74) is 2.70. The SMILES string of the molecule is COc1cc(C(=O)Oc2cc3c4c(c2)C2(SCC(=O)N2c2ccccc2)C(=O)N4C(C)(C)CC3C)cc(OC)c1OC. The van der Waals surface area contributed by atoms with Crippen LogP contribution in [0.3, 0.4) is 0 Å². The zero-order valence-electron chi connectivity index (χ0n) is 24.3. The molecule has 2 atom stereocenters. The van der Waals surface area contributed by atoms with Crippen LogP contribution in [0.25, 0.3) is 0 Å². The van der Waals surface area contributed by atoms with Gasteiger partial charge in [0.2, 0.25) is 16.5 Å². The topological polar surface area (TPSA) is 94.6 Å². The summed E-state index contributed by atoms with van der Waals surface area (Å²) in [5, 5.41) is 0. The minimum atomic E-state index is -1.32. The quantitative estimate of drug-likeness (QED) is 0.275. The molecule has 3 aromatic carbocycles. The Balaban J connectivity index is 1.50. The van der Waals surface area contributed by atoms with Crippen molar-refractivity contribution in [1.82, 2.24) is 0 Å².